The lowest BCUT2D eigenvalue weighted by atomic mass is 10.2. The minimum Gasteiger partial charge on any atom is -0.322 e. The normalized spacial score (nSPS) is 12.1. The van der Waals surface area contributed by atoms with E-state index < -0.39 is 11.9 Å². The van der Waals surface area contributed by atoms with E-state index in [4.69, 9.17) is 4.98 Å². The van der Waals surface area contributed by atoms with Crippen LogP contribution in [0.15, 0.2) is 72.0 Å². The van der Waals surface area contributed by atoms with Crippen molar-refractivity contribution in [1.82, 2.24) is 14.5 Å². The Labute approximate surface area is 184 Å². The number of halogens is 1. The van der Waals surface area contributed by atoms with E-state index in [1.807, 2.05) is 23.6 Å². The molecule has 1 amide bonds. The number of carbonyl (C=O) groups excluding carboxylic acids is 1. The Morgan fingerprint density at radius 2 is 1.90 bits per heavy atom. The number of carbonyl (C=O) groups is 1. The lowest BCUT2D eigenvalue weighted by Crippen LogP contribution is -2.26. The molecule has 0 radical (unpaired) electrons. The molecule has 0 aliphatic heterocycles. The number of rotatable bonds is 7. The maximum atomic E-state index is 14.1. The van der Waals surface area contributed by atoms with Crippen molar-refractivity contribution in [2.75, 3.05) is 5.32 Å². The number of pyridine rings is 1. The fourth-order valence-electron chi connectivity index (χ4n) is 3.39. The van der Waals surface area contributed by atoms with Gasteiger partial charge in [0.25, 0.3) is 0 Å². The predicted molar refractivity (Wildman–Crippen MR) is 123 cm³/mol. The monoisotopic (exact) mass is 434 g/mol. The summed E-state index contributed by atoms with van der Waals surface area (Å²) in [5.41, 5.74) is 3.92. The lowest BCUT2D eigenvalue weighted by Gasteiger charge is -2.19. The number of imidazole rings is 1. The summed E-state index contributed by atoms with van der Waals surface area (Å²) in [6, 6.07) is 17.7. The number of hydrogen-bond donors (Lipinski definition) is 1. The minimum absolute atomic E-state index is 0.164. The first-order valence-electron chi connectivity index (χ1n) is 10.1. The summed E-state index contributed by atoms with van der Waals surface area (Å²) in [6.45, 7) is 3.98. The zero-order valence-corrected chi connectivity index (χ0v) is 18.2. The van der Waals surface area contributed by atoms with Crippen molar-refractivity contribution in [3.8, 4) is 0 Å². The Balaban J connectivity index is 1.66. The standard InChI is InChI=1S/C24H23FN4OS/c1-3-21(23(30)27-19-8-5-4-7-18(19)25)29-22-20(9-6-14-26-22)28-24(29)31-15-17-12-10-16(2)11-13-17/h4-14,21H,3,15H2,1-2H3,(H,27,30)/t21-/m0/s1. The van der Waals surface area contributed by atoms with Gasteiger partial charge < -0.3 is 5.32 Å². The third-order valence-electron chi connectivity index (χ3n) is 5.04. The van der Waals surface area contributed by atoms with E-state index in [0.29, 0.717) is 17.2 Å². The minimum atomic E-state index is -0.569. The highest BCUT2D eigenvalue weighted by Gasteiger charge is 2.26. The highest BCUT2D eigenvalue weighted by Crippen LogP contribution is 2.31. The summed E-state index contributed by atoms with van der Waals surface area (Å²) in [4.78, 5) is 22.3. The summed E-state index contributed by atoms with van der Waals surface area (Å²) in [6.07, 6.45) is 2.21. The van der Waals surface area contributed by atoms with E-state index in [2.05, 4.69) is 41.5 Å². The Morgan fingerprint density at radius 3 is 2.65 bits per heavy atom. The number of benzene rings is 2. The Kier molecular flexibility index (Phi) is 6.32. The second-order valence-electron chi connectivity index (χ2n) is 7.28. The van der Waals surface area contributed by atoms with E-state index in [1.54, 1.807) is 36.2 Å². The molecular weight excluding hydrogens is 411 g/mol. The van der Waals surface area contributed by atoms with Crippen LogP contribution in [0.1, 0.15) is 30.5 Å². The molecule has 0 fully saturated rings. The van der Waals surface area contributed by atoms with Crippen molar-refractivity contribution in [1.29, 1.82) is 0 Å². The Bertz CT molecular complexity index is 1210. The van der Waals surface area contributed by atoms with Crippen LogP contribution in [0.5, 0.6) is 0 Å². The predicted octanol–water partition coefficient (Wildman–Crippen LogP) is 5.76. The van der Waals surface area contributed by atoms with E-state index in [-0.39, 0.29) is 11.6 Å². The van der Waals surface area contributed by atoms with Crippen LogP contribution < -0.4 is 5.32 Å². The number of amides is 1. The maximum absolute atomic E-state index is 14.1. The van der Waals surface area contributed by atoms with Gasteiger partial charge in [-0.2, -0.15) is 0 Å². The first kappa shape index (κ1) is 21.1. The van der Waals surface area contributed by atoms with Crippen molar-refractivity contribution in [2.24, 2.45) is 0 Å². The molecule has 0 aliphatic rings. The van der Waals surface area contributed by atoms with Crippen molar-refractivity contribution < 1.29 is 9.18 Å². The van der Waals surface area contributed by atoms with Crippen LogP contribution in [0.3, 0.4) is 0 Å². The van der Waals surface area contributed by atoms with Gasteiger partial charge in [-0.1, -0.05) is 60.6 Å². The number of nitrogens with one attached hydrogen (secondary N) is 1. The number of fused-ring (bicyclic) bond motifs is 1. The van der Waals surface area contributed by atoms with Crippen molar-refractivity contribution >= 4 is 34.5 Å². The maximum Gasteiger partial charge on any atom is 0.247 e. The van der Waals surface area contributed by atoms with Gasteiger partial charge in [0.15, 0.2) is 10.8 Å². The Morgan fingerprint density at radius 1 is 1.13 bits per heavy atom. The largest absolute Gasteiger partial charge is 0.322 e. The van der Waals surface area contributed by atoms with Crippen LogP contribution in [0, 0.1) is 12.7 Å². The molecule has 0 saturated heterocycles. The number of hydrogen-bond acceptors (Lipinski definition) is 4. The molecule has 7 heteroatoms. The molecule has 158 valence electrons. The van der Waals surface area contributed by atoms with Crippen molar-refractivity contribution in [3.63, 3.8) is 0 Å². The van der Waals surface area contributed by atoms with Crippen molar-refractivity contribution in [2.45, 2.75) is 37.2 Å². The molecule has 2 heterocycles. The molecule has 0 unspecified atom stereocenters. The highest BCUT2D eigenvalue weighted by atomic mass is 32.2. The number of para-hydroxylation sites is 1. The highest BCUT2D eigenvalue weighted by molar-refractivity contribution is 7.98. The van der Waals surface area contributed by atoms with Gasteiger partial charge in [-0.3, -0.25) is 9.36 Å². The number of anilines is 1. The molecule has 4 rings (SSSR count). The summed E-state index contributed by atoms with van der Waals surface area (Å²) in [5.74, 6) is -0.0439. The van der Waals surface area contributed by atoms with Gasteiger partial charge in [-0.05, 0) is 43.2 Å². The van der Waals surface area contributed by atoms with Crippen LogP contribution in [0.25, 0.3) is 11.2 Å². The third-order valence-corrected chi connectivity index (χ3v) is 6.06. The summed E-state index contributed by atoms with van der Waals surface area (Å²) in [5, 5.41) is 3.43. The molecule has 1 atom stereocenters. The number of aryl methyl sites for hydroxylation is 1. The Hall–Kier alpha value is -3.19. The quantitative estimate of drug-likeness (QED) is 0.376. The molecule has 0 bridgehead atoms. The zero-order valence-electron chi connectivity index (χ0n) is 17.4. The lowest BCUT2D eigenvalue weighted by molar-refractivity contribution is -0.119. The van der Waals surface area contributed by atoms with Gasteiger partial charge in [-0.15, -0.1) is 0 Å². The molecule has 5 nitrogen and oxygen atoms in total. The van der Waals surface area contributed by atoms with Gasteiger partial charge >= 0.3 is 0 Å². The smallest absolute Gasteiger partial charge is 0.247 e. The average Bonchev–Trinajstić information content (AvgIpc) is 3.14. The molecule has 2 aromatic heterocycles. The van der Waals surface area contributed by atoms with Gasteiger partial charge in [0.1, 0.15) is 17.4 Å². The molecule has 2 aromatic carbocycles. The number of aromatic nitrogens is 3. The molecule has 0 aliphatic carbocycles. The van der Waals surface area contributed by atoms with E-state index in [9.17, 15) is 9.18 Å². The summed E-state index contributed by atoms with van der Waals surface area (Å²) >= 11 is 1.56. The molecule has 0 spiro atoms. The van der Waals surface area contributed by atoms with Crippen LogP contribution in [0.4, 0.5) is 10.1 Å². The van der Waals surface area contributed by atoms with Gasteiger partial charge in [0, 0.05) is 11.9 Å². The average molecular weight is 435 g/mol. The molecule has 31 heavy (non-hydrogen) atoms. The third kappa shape index (κ3) is 4.61. The zero-order chi connectivity index (χ0) is 21.8. The van der Waals surface area contributed by atoms with E-state index in [1.165, 1.54) is 17.2 Å². The topological polar surface area (TPSA) is 59.8 Å². The van der Waals surface area contributed by atoms with Gasteiger partial charge in [0.05, 0.1) is 5.69 Å². The fourth-order valence-corrected chi connectivity index (χ4v) is 4.39. The van der Waals surface area contributed by atoms with Crippen LogP contribution >= 0.6 is 11.8 Å². The summed E-state index contributed by atoms with van der Waals surface area (Å²) < 4.78 is 15.9. The second-order valence-corrected chi connectivity index (χ2v) is 8.22. The fraction of sp³-hybridized carbons (Fsp3) is 0.208. The number of thioether (sulfide) groups is 1. The first-order valence-corrected chi connectivity index (χ1v) is 11.1. The molecular formula is C24H23FN4OS. The molecule has 1 N–H and O–H groups in total. The van der Waals surface area contributed by atoms with Gasteiger partial charge in [-0.25, -0.2) is 14.4 Å². The van der Waals surface area contributed by atoms with E-state index >= 15 is 0 Å². The van der Waals surface area contributed by atoms with Gasteiger partial charge in [0.2, 0.25) is 5.91 Å². The van der Waals surface area contributed by atoms with Crippen LogP contribution in [-0.4, -0.2) is 20.4 Å². The van der Waals surface area contributed by atoms with Crippen LogP contribution in [0.2, 0.25) is 0 Å². The summed E-state index contributed by atoms with van der Waals surface area (Å²) in [7, 11) is 0. The molecule has 4 aromatic rings. The van der Waals surface area contributed by atoms with E-state index in [0.717, 1.165) is 11.3 Å². The van der Waals surface area contributed by atoms with Crippen molar-refractivity contribution in [3.05, 3.63) is 83.8 Å². The first-order chi connectivity index (χ1) is 15.1. The molecule has 0 saturated carbocycles. The second kappa shape index (κ2) is 9.31. The van der Waals surface area contributed by atoms with Crippen LogP contribution in [-0.2, 0) is 10.5 Å². The SMILES string of the molecule is CC[C@@H](C(=O)Nc1ccccc1F)n1c(SCc2ccc(C)cc2)nc2cccnc21. The number of nitrogens with zero attached hydrogens (tertiary/aromatic N) is 3.